The summed E-state index contributed by atoms with van der Waals surface area (Å²) in [6.45, 7) is 8.37. The number of halogens is 1. The second kappa shape index (κ2) is 10.4. The van der Waals surface area contributed by atoms with E-state index in [1.54, 1.807) is 0 Å². The van der Waals surface area contributed by atoms with Gasteiger partial charge in [0.25, 0.3) is 5.91 Å². The molecule has 0 radical (unpaired) electrons. The van der Waals surface area contributed by atoms with Gasteiger partial charge < -0.3 is 9.47 Å². The van der Waals surface area contributed by atoms with E-state index in [0.29, 0.717) is 12.4 Å². The third kappa shape index (κ3) is 6.28. The summed E-state index contributed by atoms with van der Waals surface area (Å²) in [5, 5.41) is 0. The number of hydrogen-bond donors (Lipinski definition) is 1. The lowest BCUT2D eigenvalue weighted by atomic mass is 9.80. The van der Waals surface area contributed by atoms with E-state index in [1.165, 1.54) is 19.2 Å². The van der Waals surface area contributed by atoms with E-state index >= 15 is 0 Å². The molecule has 0 atom stereocenters. The van der Waals surface area contributed by atoms with Gasteiger partial charge in [0.15, 0.2) is 0 Å². The Kier molecular flexibility index (Phi) is 8.43. The predicted molar refractivity (Wildman–Crippen MR) is 115 cm³/mol. The van der Waals surface area contributed by atoms with E-state index in [-0.39, 0.29) is 29.3 Å². The van der Waals surface area contributed by atoms with Crippen LogP contribution in [0.5, 0.6) is 5.75 Å². The number of sulfonamides is 1. The van der Waals surface area contributed by atoms with E-state index in [1.807, 2.05) is 10.8 Å². The Hall–Kier alpha value is -1.93. The summed E-state index contributed by atoms with van der Waals surface area (Å²) < 4.78 is 51.3. The highest BCUT2D eigenvalue weighted by atomic mass is 32.2. The van der Waals surface area contributed by atoms with Crippen LogP contribution in [-0.2, 0) is 14.8 Å². The molecule has 1 N–H and O–H groups in total. The summed E-state index contributed by atoms with van der Waals surface area (Å²) in [5.41, 5.74) is 0.369. The maximum Gasteiger partial charge on any atom is 0.267 e. The number of carbonyl (C=O) groups excluding carboxylic acids is 1. The quantitative estimate of drug-likeness (QED) is 0.465. The van der Waals surface area contributed by atoms with Crippen molar-refractivity contribution in [3.05, 3.63) is 41.7 Å². The molecule has 1 saturated carbocycles. The van der Waals surface area contributed by atoms with Crippen molar-refractivity contribution in [1.29, 1.82) is 0 Å². The highest BCUT2D eigenvalue weighted by Crippen LogP contribution is 2.45. The third-order valence-electron chi connectivity index (χ3n) is 5.78. The van der Waals surface area contributed by atoms with Crippen LogP contribution >= 0.6 is 0 Å². The first-order valence-electron chi connectivity index (χ1n) is 10.3. The number of amides is 1. The zero-order valence-electron chi connectivity index (χ0n) is 18.0. The Balaban J connectivity index is 2.26. The predicted octanol–water partition coefficient (Wildman–Crippen LogP) is 4.17. The largest absolute Gasteiger partial charge is 0.493 e. The maximum atomic E-state index is 14.7. The lowest BCUT2D eigenvalue weighted by Gasteiger charge is -2.31. The normalized spacial score (nSPS) is 14.4. The second-order valence-corrected chi connectivity index (χ2v) is 9.72. The van der Waals surface area contributed by atoms with Crippen molar-refractivity contribution in [2.75, 3.05) is 26.1 Å². The number of nitrogens with one attached hydrogen (secondary N) is 1. The van der Waals surface area contributed by atoms with Crippen LogP contribution in [-0.4, -0.2) is 40.4 Å². The van der Waals surface area contributed by atoms with Crippen LogP contribution in [0.4, 0.5) is 4.39 Å². The minimum absolute atomic E-state index is 0.0630. The van der Waals surface area contributed by atoms with Crippen molar-refractivity contribution in [2.24, 2.45) is 5.41 Å². The molecule has 0 heterocycles. The number of carbonyl (C=O) groups is 1. The summed E-state index contributed by atoms with van der Waals surface area (Å²) in [4.78, 5) is 12.4. The van der Waals surface area contributed by atoms with Gasteiger partial charge in [0.05, 0.1) is 24.5 Å². The summed E-state index contributed by atoms with van der Waals surface area (Å²) in [6.07, 6.45) is 6.31. The molecule has 1 aliphatic rings. The number of benzene rings is 1. The van der Waals surface area contributed by atoms with Crippen LogP contribution in [0.3, 0.4) is 0 Å². The molecule has 1 aromatic carbocycles. The van der Waals surface area contributed by atoms with Gasteiger partial charge in [-0.25, -0.2) is 17.5 Å². The van der Waals surface area contributed by atoms with Crippen molar-refractivity contribution < 1.29 is 27.1 Å². The van der Waals surface area contributed by atoms with Crippen molar-refractivity contribution in [1.82, 2.24) is 4.72 Å². The van der Waals surface area contributed by atoms with Crippen LogP contribution in [0.15, 0.2) is 24.8 Å². The molecule has 30 heavy (non-hydrogen) atoms. The fourth-order valence-electron chi connectivity index (χ4n) is 3.36. The molecule has 8 heteroatoms. The molecule has 1 aliphatic carbocycles. The Morgan fingerprint density at radius 2 is 2.00 bits per heavy atom. The van der Waals surface area contributed by atoms with Gasteiger partial charge in [0, 0.05) is 18.6 Å². The standard InChI is InChI=1S/C22H32FNO5S/c1-5-10-22(6-2,7-3)15-29-20-14-19(23)18(13-17(20)16-8-9-16)21(25)24-30(26,27)12-11-28-4/h5,13-14,16H,1,6-12,15H2,2-4H3,(H,24,25). The van der Waals surface area contributed by atoms with Crippen molar-refractivity contribution in [3.8, 4) is 5.75 Å². The van der Waals surface area contributed by atoms with E-state index in [4.69, 9.17) is 9.47 Å². The van der Waals surface area contributed by atoms with Gasteiger partial charge in [0.1, 0.15) is 11.6 Å². The highest BCUT2D eigenvalue weighted by Gasteiger charge is 2.32. The van der Waals surface area contributed by atoms with Gasteiger partial charge in [-0.1, -0.05) is 19.9 Å². The zero-order chi connectivity index (χ0) is 22.4. The van der Waals surface area contributed by atoms with Crippen LogP contribution in [0, 0.1) is 11.2 Å². The van der Waals surface area contributed by atoms with E-state index in [9.17, 15) is 17.6 Å². The number of hydrogen-bond acceptors (Lipinski definition) is 5. The molecule has 0 unspecified atom stereocenters. The van der Waals surface area contributed by atoms with E-state index in [2.05, 4.69) is 20.4 Å². The summed E-state index contributed by atoms with van der Waals surface area (Å²) in [7, 11) is -2.55. The van der Waals surface area contributed by atoms with Crippen LogP contribution in [0.1, 0.15) is 67.8 Å². The summed E-state index contributed by atoms with van der Waals surface area (Å²) >= 11 is 0. The Morgan fingerprint density at radius 3 is 2.53 bits per heavy atom. The van der Waals surface area contributed by atoms with Gasteiger partial charge >= 0.3 is 0 Å². The summed E-state index contributed by atoms with van der Waals surface area (Å²) in [5.74, 6) is -1.57. The Morgan fingerprint density at radius 1 is 1.33 bits per heavy atom. The van der Waals surface area contributed by atoms with E-state index in [0.717, 1.165) is 37.7 Å². The Labute approximate surface area is 178 Å². The first-order valence-corrected chi connectivity index (χ1v) is 12.0. The molecular weight excluding hydrogens is 409 g/mol. The highest BCUT2D eigenvalue weighted by molar-refractivity contribution is 7.90. The molecule has 168 valence electrons. The van der Waals surface area contributed by atoms with Crippen LogP contribution < -0.4 is 9.46 Å². The average Bonchev–Trinajstić information content (AvgIpc) is 3.54. The SMILES string of the molecule is C=CCC(CC)(CC)COc1cc(F)c(C(=O)NS(=O)(=O)CCOC)cc1C1CC1. The molecule has 0 aromatic heterocycles. The second-order valence-electron chi connectivity index (χ2n) is 7.88. The van der Waals surface area contributed by atoms with Gasteiger partial charge in [-0.3, -0.25) is 4.79 Å². The Bertz CT molecular complexity index is 861. The first-order chi connectivity index (χ1) is 14.2. The molecule has 0 saturated heterocycles. The zero-order valence-corrected chi connectivity index (χ0v) is 18.8. The molecule has 0 aliphatic heterocycles. The minimum Gasteiger partial charge on any atom is -0.493 e. The average molecular weight is 442 g/mol. The maximum absolute atomic E-state index is 14.7. The topological polar surface area (TPSA) is 81.7 Å². The molecule has 6 nitrogen and oxygen atoms in total. The molecule has 0 bridgehead atoms. The van der Waals surface area contributed by atoms with Crippen molar-refractivity contribution in [3.63, 3.8) is 0 Å². The number of ether oxygens (including phenoxy) is 2. The smallest absolute Gasteiger partial charge is 0.267 e. The van der Waals surface area contributed by atoms with Gasteiger partial charge in [-0.15, -0.1) is 6.58 Å². The fraction of sp³-hybridized carbons (Fsp3) is 0.591. The van der Waals surface area contributed by atoms with Crippen molar-refractivity contribution in [2.45, 2.75) is 51.9 Å². The van der Waals surface area contributed by atoms with Gasteiger partial charge in [-0.05, 0) is 49.7 Å². The lowest BCUT2D eigenvalue weighted by Crippen LogP contribution is -2.34. The molecule has 0 spiro atoms. The molecule has 2 rings (SSSR count). The monoisotopic (exact) mass is 441 g/mol. The number of allylic oxidation sites excluding steroid dienone is 1. The molecule has 1 fully saturated rings. The summed E-state index contributed by atoms with van der Waals surface area (Å²) in [6, 6.07) is 2.63. The molecule has 1 aromatic rings. The van der Waals surface area contributed by atoms with Crippen LogP contribution in [0.2, 0.25) is 0 Å². The first kappa shape index (κ1) is 24.3. The fourth-order valence-corrected chi connectivity index (χ4v) is 4.24. The lowest BCUT2D eigenvalue weighted by molar-refractivity contribution is 0.0976. The van der Waals surface area contributed by atoms with Gasteiger partial charge in [-0.2, -0.15) is 0 Å². The minimum atomic E-state index is -3.91. The van der Waals surface area contributed by atoms with Gasteiger partial charge in [0.2, 0.25) is 10.0 Å². The van der Waals surface area contributed by atoms with Crippen LogP contribution in [0.25, 0.3) is 0 Å². The molecule has 1 amide bonds. The number of rotatable bonds is 13. The third-order valence-corrected chi connectivity index (χ3v) is 6.98. The van der Waals surface area contributed by atoms with Crippen molar-refractivity contribution >= 4 is 15.9 Å². The number of methoxy groups -OCH3 is 1. The van der Waals surface area contributed by atoms with E-state index < -0.39 is 21.7 Å². The molecular formula is C22H32FNO5S.